The van der Waals surface area contributed by atoms with E-state index in [4.69, 9.17) is 45.3 Å². The van der Waals surface area contributed by atoms with Crippen molar-refractivity contribution in [2.24, 2.45) is 0 Å². The average molecular weight is 289 g/mol. The second-order valence-corrected chi connectivity index (χ2v) is 4.59. The number of nitrogen functional groups attached to an aromatic ring is 1. The molecule has 0 radical (unpaired) electrons. The van der Waals surface area contributed by atoms with Gasteiger partial charge in [-0.3, -0.25) is 0 Å². The molecule has 0 aliphatic heterocycles. The normalized spacial score (nSPS) is 10.3. The first-order valence-electron chi connectivity index (χ1n) is 4.75. The van der Waals surface area contributed by atoms with Crippen molar-refractivity contribution in [3.8, 4) is 11.5 Å². The van der Waals surface area contributed by atoms with Crippen molar-refractivity contribution in [3.63, 3.8) is 0 Å². The summed E-state index contributed by atoms with van der Waals surface area (Å²) in [6.07, 6.45) is 0. The van der Waals surface area contributed by atoms with Crippen LogP contribution in [-0.2, 0) is 0 Å². The summed E-state index contributed by atoms with van der Waals surface area (Å²) in [5.41, 5.74) is 6.22. The van der Waals surface area contributed by atoms with E-state index in [1.807, 2.05) is 0 Å². The number of rotatable bonds is 2. The number of nitrogens with two attached hydrogens (primary N) is 1. The molecule has 0 aliphatic rings. The third kappa shape index (κ3) is 2.78. The Morgan fingerprint density at radius 1 is 0.941 bits per heavy atom. The van der Waals surface area contributed by atoms with Gasteiger partial charge in [-0.2, -0.15) is 0 Å². The molecule has 17 heavy (non-hydrogen) atoms. The fraction of sp³-hybridized carbons (Fsp3) is 0. The zero-order chi connectivity index (χ0) is 12.4. The molecule has 0 fully saturated rings. The van der Waals surface area contributed by atoms with Gasteiger partial charge in [-0.05, 0) is 30.3 Å². The van der Waals surface area contributed by atoms with Crippen molar-refractivity contribution in [2.75, 3.05) is 5.73 Å². The zero-order valence-electron chi connectivity index (χ0n) is 8.58. The molecule has 0 heterocycles. The molecule has 2 N–H and O–H groups in total. The summed E-state index contributed by atoms with van der Waals surface area (Å²) in [6, 6.07) is 10.1. The number of halogens is 3. The van der Waals surface area contributed by atoms with E-state index < -0.39 is 0 Å². The Bertz CT molecular complexity index is 537. The molecule has 0 saturated carbocycles. The second kappa shape index (κ2) is 5.05. The lowest BCUT2D eigenvalue weighted by Crippen LogP contribution is -1.93. The summed E-state index contributed by atoms with van der Waals surface area (Å²) in [4.78, 5) is 0. The monoisotopic (exact) mass is 287 g/mol. The van der Waals surface area contributed by atoms with Crippen LogP contribution in [0.4, 0.5) is 5.69 Å². The van der Waals surface area contributed by atoms with Gasteiger partial charge in [0.1, 0.15) is 5.75 Å². The van der Waals surface area contributed by atoms with Gasteiger partial charge in [0.15, 0.2) is 5.75 Å². The van der Waals surface area contributed by atoms with Crippen LogP contribution in [0.25, 0.3) is 0 Å². The Hall–Kier alpha value is -1.09. The molecule has 2 rings (SSSR count). The van der Waals surface area contributed by atoms with E-state index in [-0.39, 0.29) is 0 Å². The minimum Gasteiger partial charge on any atom is -0.452 e. The first-order valence-corrected chi connectivity index (χ1v) is 5.88. The molecule has 2 aromatic rings. The number of hydrogen-bond donors (Lipinski definition) is 1. The maximum Gasteiger partial charge on any atom is 0.168 e. The van der Waals surface area contributed by atoms with Crippen LogP contribution in [0.1, 0.15) is 0 Å². The standard InChI is InChI=1S/C12H8Cl3NO/c13-7-4-5-11(9(15)6-7)17-12-8(14)2-1-3-10(12)16/h1-6H,16H2. The smallest absolute Gasteiger partial charge is 0.168 e. The predicted molar refractivity (Wildman–Crippen MR) is 72.4 cm³/mol. The first-order chi connectivity index (χ1) is 8.08. The lowest BCUT2D eigenvalue weighted by atomic mass is 10.3. The molecule has 2 aromatic carbocycles. The fourth-order valence-electron chi connectivity index (χ4n) is 1.30. The van der Waals surface area contributed by atoms with Crippen LogP contribution in [0.15, 0.2) is 36.4 Å². The van der Waals surface area contributed by atoms with Gasteiger partial charge < -0.3 is 10.5 Å². The summed E-state index contributed by atoms with van der Waals surface area (Å²) in [5.74, 6) is 0.842. The molecule has 88 valence electrons. The van der Waals surface area contributed by atoms with E-state index in [2.05, 4.69) is 0 Å². The Kier molecular flexibility index (Phi) is 3.67. The summed E-state index contributed by atoms with van der Waals surface area (Å²) in [7, 11) is 0. The quantitative estimate of drug-likeness (QED) is 0.787. The summed E-state index contributed by atoms with van der Waals surface area (Å²) < 4.78 is 5.58. The van der Waals surface area contributed by atoms with E-state index in [1.54, 1.807) is 36.4 Å². The Labute approximate surface area is 114 Å². The lowest BCUT2D eigenvalue weighted by molar-refractivity contribution is 0.485. The highest BCUT2D eigenvalue weighted by Crippen LogP contribution is 2.38. The molecular formula is C12H8Cl3NO. The molecule has 0 bridgehead atoms. The van der Waals surface area contributed by atoms with Crippen LogP contribution in [0, 0.1) is 0 Å². The van der Waals surface area contributed by atoms with Gasteiger partial charge in [0, 0.05) is 5.02 Å². The van der Waals surface area contributed by atoms with Crippen LogP contribution < -0.4 is 10.5 Å². The SMILES string of the molecule is Nc1cccc(Cl)c1Oc1ccc(Cl)cc1Cl. The van der Waals surface area contributed by atoms with Crippen LogP contribution in [0.2, 0.25) is 15.1 Å². The lowest BCUT2D eigenvalue weighted by Gasteiger charge is -2.11. The van der Waals surface area contributed by atoms with E-state index in [1.165, 1.54) is 0 Å². The van der Waals surface area contributed by atoms with Crippen LogP contribution >= 0.6 is 34.8 Å². The van der Waals surface area contributed by atoms with E-state index in [0.717, 1.165) is 0 Å². The number of para-hydroxylation sites is 1. The van der Waals surface area contributed by atoms with Crippen molar-refractivity contribution in [1.29, 1.82) is 0 Å². The van der Waals surface area contributed by atoms with Crippen LogP contribution in [-0.4, -0.2) is 0 Å². The largest absolute Gasteiger partial charge is 0.452 e. The fourth-order valence-corrected chi connectivity index (χ4v) is 1.97. The number of anilines is 1. The Balaban J connectivity index is 2.38. The maximum atomic E-state index is 5.99. The highest BCUT2D eigenvalue weighted by Gasteiger charge is 2.09. The highest BCUT2D eigenvalue weighted by atomic mass is 35.5. The molecule has 0 aromatic heterocycles. The molecule has 0 amide bonds. The number of hydrogen-bond acceptors (Lipinski definition) is 2. The van der Waals surface area contributed by atoms with Crippen LogP contribution in [0.5, 0.6) is 11.5 Å². The van der Waals surface area contributed by atoms with E-state index in [9.17, 15) is 0 Å². The van der Waals surface area contributed by atoms with Crippen molar-refractivity contribution in [2.45, 2.75) is 0 Å². The second-order valence-electron chi connectivity index (χ2n) is 3.33. The predicted octanol–water partition coefficient (Wildman–Crippen LogP) is 5.02. The van der Waals surface area contributed by atoms with Gasteiger partial charge >= 0.3 is 0 Å². The molecule has 0 spiro atoms. The number of benzene rings is 2. The maximum absolute atomic E-state index is 5.99. The molecule has 0 unspecified atom stereocenters. The molecule has 5 heteroatoms. The molecular weight excluding hydrogens is 280 g/mol. The summed E-state index contributed by atoms with van der Waals surface area (Å²) in [6.45, 7) is 0. The molecule has 0 aliphatic carbocycles. The molecule has 0 saturated heterocycles. The average Bonchev–Trinajstić information content (AvgIpc) is 2.26. The Morgan fingerprint density at radius 3 is 2.35 bits per heavy atom. The zero-order valence-corrected chi connectivity index (χ0v) is 10.9. The molecule has 2 nitrogen and oxygen atoms in total. The third-order valence-corrected chi connectivity index (χ3v) is 2.93. The van der Waals surface area contributed by atoms with Gasteiger partial charge in [0.05, 0.1) is 15.7 Å². The van der Waals surface area contributed by atoms with Gasteiger partial charge in [-0.25, -0.2) is 0 Å². The highest BCUT2D eigenvalue weighted by molar-refractivity contribution is 6.35. The van der Waals surface area contributed by atoms with Gasteiger partial charge in [0.25, 0.3) is 0 Å². The van der Waals surface area contributed by atoms with Crippen LogP contribution in [0.3, 0.4) is 0 Å². The minimum absolute atomic E-state index is 0.387. The Morgan fingerprint density at radius 2 is 1.71 bits per heavy atom. The number of ether oxygens (including phenoxy) is 1. The van der Waals surface area contributed by atoms with Gasteiger partial charge in [0.2, 0.25) is 0 Å². The van der Waals surface area contributed by atoms with Gasteiger partial charge in [-0.1, -0.05) is 40.9 Å². The van der Waals surface area contributed by atoms with Crippen molar-refractivity contribution in [1.82, 2.24) is 0 Å². The first kappa shape index (κ1) is 12.4. The van der Waals surface area contributed by atoms with E-state index in [0.29, 0.717) is 32.3 Å². The third-order valence-electron chi connectivity index (χ3n) is 2.10. The summed E-state index contributed by atoms with van der Waals surface area (Å²) >= 11 is 17.8. The van der Waals surface area contributed by atoms with Crippen molar-refractivity contribution in [3.05, 3.63) is 51.5 Å². The van der Waals surface area contributed by atoms with Crippen molar-refractivity contribution >= 4 is 40.5 Å². The minimum atomic E-state index is 0.387. The topological polar surface area (TPSA) is 35.2 Å². The van der Waals surface area contributed by atoms with Gasteiger partial charge in [-0.15, -0.1) is 0 Å². The van der Waals surface area contributed by atoms with Crippen molar-refractivity contribution < 1.29 is 4.74 Å². The summed E-state index contributed by atoms with van der Waals surface area (Å²) in [5, 5.41) is 1.36. The van der Waals surface area contributed by atoms with E-state index >= 15 is 0 Å². The molecule has 0 atom stereocenters.